The molecular weight excluding hydrogens is 406 g/mol. The molecule has 154 valence electrons. The van der Waals surface area contributed by atoms with Gasteiger partial charge in [0, 0.05) is 18.7 Å². The van der Waals surface area contributed by atoms with E-state index in [1.54, 1.807) is 24.0 Å². The number of hydrogen-bond acceptors (Lipinski definition) is 6. The minimum absolute atomic E-state index is 0.00780. The van der Waals surface area contributed by atoms with Gasteiger partial charge in [-0.05, 0) is 50.8 Å². The summed E-state index contributed by atoms with van der Waals surface area (Å²) in [5, 5.41) is 0.616. The summed E-state index contributed by atoms with van der Waals surface area (Å²) in [4.78, 5) is 21.9. The van der Waals surface area contributed by atoms with Crippen LogP contribution >= 0.6 is 11.3 Å². The van der Waals surface area contributed by atoms with Crippen molar-refractivity contribution in [2.75, 3.05) is 37.8 Å². The monoisotopic (exact) mass is 431 g/mol. The number of hydrogen-bond donors (Lipinski definition) is 0. The summed E-state index contributed by atoms with van der Waals surface area (Å²) in [6.45, 7) is 4.70. The molecule has 1 amide bonds. The fourth-order valence-electron chi connectivity index (χ4n) is 2.92. The number of thiazole rings is 1. The third-order valence-electron chi connectivity index (χ3n) is 4.68. The quantitative estimate of drug-likeness (QED) is 0.572. The van der Waals surface area contributed by atoms with Gasteiger partial charge < -0.3 is 4.90 Å². The lowest BCUT2D eigenvalue weighted by Gasteiger charge is -2.22. The fraction of sp³-hybridized carbons (Fsp3) is 0.333. The molecule has 0 aliphatic rings. The van der Waals surface area contributed by atoms with E-state index in [2.05, 4.69) is 0 Å². The minimum Gasteiger partial charge on any atom is -0.308 e. The molecule has 0 spiro atoms. The molecule has 0 fully saturated rings. The number of aryl methyl sites for hydroxylation is 1. The Hall–Kier alpha value is -2.29. The van der Waals surface area contributed by atoms with E-state index in [1.807, 2.05) is 44.1 Å². The van der Waals surface area contributed by atoms with E-state index >= 15 is 0 Å². The molecule has 0 atom stereocenters. The van der Waals surface area contributed by atoms with Crippen LogP contribution < -0.4 is 4.90 Å². The number of sulfone groups is 1. The topological polar surface area (TPSA) is 70.6 Å². The molecular formula is C21H25N3O3S2. The summed E-state index contributed by atoms with van der Waals surface area (Å²) >= 11 is 1.47. The molecule has 0 aliphatic carbocycles. The van der Waals surface area contributed by atoms with Crippen LogP contribution in [0.4, 0.5) is 5.13 Å². The highest BCUT2D eigenvalue weighted by atomic mass is 32.2. The molecule has 29 heavy (non-hydrogen) atoms. The number of para-hydroxylation sites is 1. The normalized spacial score (nSPS) is 11.9. The van der Waals surface area contributed by atoms with Crippen LogP contribution in [-0.4, -0.2) is 57.1 Å². The second-order valence-electron chi connectivity index (χ2n) is 7.11. The van der Waals surface area contributed by atoms with Crippen molar-refractivity contribution >= 4 is 42.4 Å². The number of carbonyl (C=O) groups excluding carboxylic acids is 1. The van der Waals surface area contributed by atoms with Crippen LogP contribution in [-0.2, 0) is 9.84 Å². The number of amides is 1. The highest BCUT2D eigenvalue weighted by molar-refractivity contribution is 7.91. The summed E-state index contributed by atoms with van der Waals surface area (Å²) in [5.41, 5.74) is 2.28. The molecule has 2 aromatic carbocycles. The molecule has 0 unspecified atom stereocenters. The Morgan fingerprint density at radius 2 is 1.83 bits per heavy atom. The van der Waals surface area contributed by atoms with Gasteiger partial charge in [0.1, 0.15) is 0 Å². The predicted molar refractivity (Wildman–Crippen MR) is 119 cm³/mol. The smallest absolute Gasteiger partial charge is 0.260 e. The zero-order chi connectivity index (χ0) is 21.2. The van der Waals surface area contributed by atoms with Crippen LogP contribution in [0.1, 0.15) is 22.8 Å². The lowest BCUT2D eigenvalue weighted by molar-refractivity contribution is 0.0985. The van der Waals surface area contributed by atoms with E-state index in [4.69, 9.17) is 4.98 Å². The van der Waals surface area contributed by atoms with Crippen LogP contribution in [0, 0.1) is 6.92 Å². The van der Waals surface area contributed by atoms with Crippen molar-refractivity contribution < 1.29 is 13.2 Å². The molecule has 1 aromatic heterocycles. The van der Waals surface area contributed by atoms with E-state index in [0.717, 1.165) is 15.8 Å². The van der Waals surface area contributed by atoms with E-state index in [9.17, 15) is 13.2 Å². The van der Waals surface area contributed by atoms with Gasteiger partial charge in [0.25, 0.3) is 5.91 Å². The second-order valence-corrected chi connectivity index (χ2v) is 10.4. The lowest BCUT2D eigenvalue weighted by atomic mass is 10.2. The first-order valence-corrected chi connectivity index (χ1v) is 11.9. The number of benzene rings is 2. The Labute approximate surface area is 175 Å². The maximum atomic E-state index is 13.4. The maximum Gasteiger partial charge on any atom is 0.260 e. The summed E-state index contributed by atoms with van der Waals surface area (Å²) in [6.07, 6.45) is 0. The van der Waals surface area contributed by atoms with Crippen molar-refractivity contribution in [3.63, 3.8) is 0 Å². The molecule has 0 bridgehead atoms. The molecule has 0 radical (unpaired) electrons. The average Bonchev–Trinajstić information content (AvgIpc) is 3.13. The first-order chi connectivity index (χ1) is 13.7. The van der Waals surface area contributed by atoms with Crippen molar-refractivity contribution in [1.29, 1.82) is 0 Å². The second kappa shape index (κ2) is 8.61. The van der Waals surface area contributed by atoms with Gasteiger partial charge in [-0.3, -0.25) is 9.69 Å². The summed E-state index contributed by atoms with van der Waals surface area (Å²) < 4.78 is 25.5. The fourth-order valence-corrected chi connectivity index (χ4v) is 4.91. The Bertz CT molecular complexity index is 1140. The van der Waals surface area contributed by atoms with Crippen molar-refractivity contribution in [3.05, 3.63) is 53.6 Å². The Morgan fingerprint density at radius 1 is 1.10 bits per heavy atom. The summed E-state index contributed by atoms with van der Waals surface area (Å²) in [6, 6.07) is 12.2. The molecule has 3 aromatic rings. The predicted octanol–water partition coefficient (Wildman–Crippen LogP) is 3.61. The Kier molecular flexibility index (Phi) is 6.36. The van der Waals surface area contributed by atoms with Crippen LogP contribution in [0.25, 0.3) is 10.2 Å². The molecule has 8 heteroatoms. The minimum atomic E-state index is -3.39. The molecule has 0 saturated carbocycles. The Morgan fingerprint density at radius 3 is 2.48 bits per heavy atom. The number of aromatic nitrogens is 1. The van der Waals surface area contributed by atoms with E-state index in [-0.39, 0.29) is 16.6 Å². The van der Waals surface area contributed by atoms with E-state index < -0.39 is 9.84 Å². The third kappa shape index (κ3) is 4.66. The van der Waals surface area contributed by atoms with Crippen LogP contribution in [0.3, 0.4) is 0 Å². The van der Waals surface area contributed by atoms with Gasteiger partial charge in [-0.1, -0.05) is 36.5 Å². The van der Waals surface area contributed by atoms with Crippen LogP contribution in [0.2, 0.25) is 0 Å². The summed E-state index contributed by atoms with van der Waals surface area (Å²) in [7, 11) is 0.500. The van der Waals surface area contributed by atoms with Gasteiger partial charge in [0.05, 0.1) is 20.9 Å². The van der Waals surface area contributed by atoms with Crippen LogP contribution in [0.5, 0.6) is 0 Å². The third-order valence-corrected chi connectivity index (χ3v) is 7.45. The number of rotatable bonds is 7. The molecule has 3 rings (SSSR count). The number of nitrogens with zero attached hydrogens (tertiary/aromatic N) is 3. The van der Waals surface area contributed by atoms with Gasteiger partial charge in [-0.2, -0.15) is 0 Å². The van der Waals surface area contributed by atoms with Crippen molar-refractivity contribution in [3.8, 4) is 0 Å². The standard InChI is InChI=1S/C21H25N3O3S2/c1-5-29(26,27)17-10-7-9-16(14-17)20(25)24(13-12-23(3)4)21-22-19-15(2)8-6-11-18(19)28-21/h6-11,14H,5,12-13H2,1-4H3. The van der Waals surface area contributed by atoms with E-state index in [1.165, 1.54) is 23.5 Å². The zero-order valence-electron chi connectivity index (χ0n) is 17.0. The van der Waals surface area contributed by atoms with Crippen LogP contribution in [0.15, 0.2) is 47.4 Å². The summed E-state index contributed by atoms with van der Waals surface area (Å²) in [5.74, 6) is -0.261. The first kappa shape index (κ1) is 21.4. The first-order valence-electron chi connectivity index (χ1n) is 9.38. The number of carbonyl (C=O) groups is 1. The molecule has 0 saturated heterocycles. The maximum absolute atomic E-state index is 13.4. The average molecular weight is 432 g/mol. The molecule has 6 nitrogen and oxygen atoms in total. The largest absolute Gasteiger partial charge is 0.308 e. The Balaban J connectivity index is 2.03. The van der Waals surface area contributed by atoms with Crippen molar-refractivity contribution in [2.24, 2.45) is 0 Å². The lowest BCUT2D eigenvalue weighted by Crippen LogP contribution is -2.36. The zero-order valence-corrected chi connectivity index (χ0v) is 18.7. The van der Waals surface area contributed by atoms with Gasteiger partial charge in [0.15, 0.2) is 15.0 Å². The van der Waals surface area contributed by atoms with E-state index in [0.29, 0.717) is 23.8 Å². The number of likely N-dealkylation sites (N-methyl/N-ethyl adjacent to an activating group) is 1. The molecule has 1 heterocycles. The molecule has 0 N–H and O–H groups in total. The van der Waals surface area contributed by atoms with Crippen molar-refractivity contribution in [1.82, 2.24) is 9.88 Å². The number of fused-ring (bicyclic) bond motifs is 1. The SMILES string of the molecule is CCS(=O)(=O)c1cccc(C(=O)N(CCN(C)C)c2nc3c(C)cccc3s2)c1. The molecule has 0 aliphatic heterocycles. The van der Waals surface area contributed by atoms with Gasteiger partial charge in [0.2, 0.25) is 0 Å². The highest BCUT2D eigenvalue weighted by Gasteiger charge is 2.23. The van der Waals surface area contributed by atoms with Gasteiger partial charge in [-0.15, -0.1) is 0 Å². The number of anilines is 1. The van der Waals surface area contributed by atoms with Crippen molar-refractivity contribution in [2.45, 2.75) is 18.7 Å². The highest BCUT2D eigenvalue weighted by Crippen LogP contribution is 2.31. The van der Waals surface area contributed by atoms with Gasteiger partial charge >= 0.3 is 0 Å². The van der Waals surface area contributed by atoms with Gasteiger partial charge in [-0.25, -0.2) is 13.4 Å².